The summed E-state index contributed by atoms with van der Waals surface area (Å²) in [4.78, 5) is 0. The summed E-state index contributed by atoms with van der Waals surface area (Å²) in [6, 6.07) is 0. The zero-order valence-electron chi connectivity index (χ0n) is 5.83. The van der Waals surface area contributed by atoms with Crippen molar-refractivity contribution in [3.8, 4) is 0 Å². The Balaban J connectivity index is 3.20. The summed E-state index contributed by atoms with van der Waals surface area (Å²) in [5.74, 6) is 1.54. The van der Waals surface area contributed by atoms with Gasteiger partial charge in [-0.3, -0.25) is 0 Å². The first-order valence-corrected chi connectivity index (χ1v) is 3.18. The summed E-state index contributed by atoms with van der Waals surface area (Å²) >= 11 is 0. The first-order valence-electron chi connectivity index (χ1n) is 3.18. The molecule has 0 heterocycles. The second kappa shape index (κ2) is 4.89. The van der Waals surface area contributed by atoms with Gasteiger partial charge in [-0.15, -0.1) is 0 Å². The van der Waals surface area contributed by atoms with Crippen molar-refractivity contribution in [1.29, 1.82) is 0 Å². The van der Waals surface area contributed by atoms with Crippen molar-refractivity contribution >= 4 is 0 Å². The topological polar surface area (TPSA) is 0 Å². The fourth-order valence-corrected chi connectivity index (χ4v) is 0.677. The predicted octanol–water partition coefficient (Wildman–Crippen LogP) is 2.76. The van der Waals surface area contributed by atoms with Gasteiger partial charge in [0.25, 0.3) is 0 Å². The number of hydrogen-bond acceptors (Lipinski definition) is 0. The van der Waals surface area contributed by atoms with Crippen LogP contribution >= 0.6 is 0 Å². The van der Waals surface area contributed by atoms with Crippen molar-refractivity contribution in [1.82, 2.24) is 0 Å². The Hall–Kier alpha value is -0.260. The minimum atomic E-state index is 0.979. The highest BCUT2D eigenvalue weighted by Gasteiger charge is 1.98. The largest absolute Gasteiger partial charge is 0.0956 e. The molecule has 0 aliphatic rings. The lowest BCUT2D eigenvalue weighted by molar-refractivity contribution is 0.763. The fourth-order valence-electron chi connectivity index (χ4n) is 0.677. The smallest absolute Gasteiger partial charge is 0.0203 e. The molecule has 0 aliphatic heterocycles. The van der Waals surface area contributed by atoms with Gasteiger partial charge in [-0.2, -0.15) is 0 Å². The summed E-state index contributed by atoms with van der Waals surface area (Å²) < 4.78 is 0. The van der Waals surface area contributed by atoms with Gasteiger partial charge in [-0.25, -0.2) is 0 Å². The SMILES string of the molecule is C=[C]C[C](CC)CC. The predicted molar refractivity (Wildman–Crippen MR) is 37.3 cm³/mol. The molecule has 0 aromatic carbocycles. The molecule has 0 spiro atoms. The molecule has 0 rings (SSSR count). The van der Waals surface area contributed by atoms with Crippen molar-refractivity contribution in [2.45, 2.75) is 33.1 Å². The third-order valence-corrected chi connectivity index (χ3v) is 1.37. The van der Waals surface area contributed by atoms with Crippen LogP contribution in [0.4, 0.5) is 0 Å². The Morgan fingerprint density at radius 1 is 1.38 bits per heavy atom. The second-order valence-corrected chi connectivity index (χ2v) is 1.88. The Morgan fingerprint density at radius 3 is 2.00 bits per heavy atom. The van der Waals surface area contributed by atoms with Gasteiger partial charge in [0.05, 0.1) is 0 Å². The maximum absolute atomic E-state index is 3.55. The van der Waals surface area contributed by atoms with Crippen molar-refractivity contribution < 1.29 is 0 Å². The van der Waals surface area contributed by atoms with Crippen LogP contribution in [0.5, 0.6) is 0 Å². The molecule has 0 saturated carbocycles. The van der Waals surface area contributed by atoms with Crippen LogP contribution in [0.2, 0.25) is 0 Å². The summed E-state index contributed by atoms with van der Waals surface area (Å²) in [5, 5.41) is 0. The summed E-state index contributed by atoms with van der Waals surface area (Å²) in [6.45, 7) is 7.90. The summed E-state index contributed by atoms with van der Waals surface area (Å²) in [7, 11) is 0. The van der Waals surface area contributed by atoms with E-state index in [1.807, 2.05) is 0 Å². The van der Waals surface area contributed by atoms with E-state index in [4.69, 9.17) is 0 Å². The highest BCUT2D eigenvalue weighted by Crippen LogP contribution is 2.13. The van der Waals surface area contributed by atoms with E-state index in [0.717, 1.165) is 6.42 Å². The maximum atomic E-state index is 3.55. The van der Waals surface area contributed by atoms with Crippen molar-refractivity contribution in [3.05, 3.63) is 18.6 Å². The molecule has 0 aliphatic carbocycles. The molecule has 0 N–H and O–H groups in total. The maximum Gasteiger partial charge on any atom is -0.0203 e. The van der Waals surface area contributed by atoms with Crippen LogP contribution in [0.15, 0.2) is 6.58 Å². The highest BCUT2D eigenvalue weighted by molar-refractivity contribution is 4.89. The summed E-state index contributed by atoms with van der Waals surface area (Å²) in [5.41, 5.74) is 0. The van der Waals surface area contributed by atoms with Gasteiger partial charge in [-0.05, 0) is 25.2 Å². The lowest BCUT2D eigenvalue weighted by Crippen LogP contribution is -1.89. The monoisotopic (exact) mass is 110 g/mol. The van der Waals surface area contributed by atoms with Crippen LogP contribution in [-0.4, -0.2) is 0 Å². The molecular weight excluding hydrogens is 96.1 g/mol. The molecule has 0 nitrogen and oxygen atoms in total. The Bertz CT molecular complexity index is 51.1. The number of allylic oxidation sites excluding steroid dienone is 1. The average molecular weight is 110 g/mol. The third-order valence-electron chi connectivity index (χ3n) is 1.37. The minimum Gasteiger partial charge on any atom is -0.0956 e. The first-order chi connectivity index (χ1) is 3.85. The second-order valence-electron chi connectivity index (χ2n) is 1.88. The zero-order valence-corrected chi connectivity index (χ0v) is 5.83. The van der Waals surface area contributed by atoms with Gasteiger partial charge in [0.15, 0.2) is 0 Å². The lowest BCUT2D eigenvalue weighted by atomic mass is 10.00. The van der Waals surface area contributed by atoms with E-state index in [-0.39, 0.29) is 0 Å². The van der Waals surface area contributed by atoms with E-state index < -0.39 is 0 Å². The van der Waals surface area contributed by atoms with Gasteiger partial charge < -0.3 is 0 Å². The van der Waals surface area contributed by atoms with Crippen LogP contribution in [0.1, 0.15) is 33.1 Å². The van der Waals surface area contributed by atoms with E-state index in [9.17, 15) is 0 Å². The molecule has 46 valence electrons. The molecule has 0 fully saturated rings. The molecule has 0 heteroatoms. The van der Waals surface area contributed by atoms with E-state index in [1.165, 1.54) is 12.8 Å². The number of rotatable bonds is 4. The van der Waals surface area contributed by atoms with Crippen molar-refractivity contribution in [2.24, 2.45) is 0 Å². The molecule has 0 atom stereocenters. The minimum absolute atomic E-state index is 0.979. The molecular formula is C8H14. The zero-order chi connectivity index (χ0) is 6.41. The van der Waals surface area contributed by atoms with E-state index >= 15 is 0 Å². The van der Waals surface area contributed by atoms with E-state index in [2.05, 4.69) is 26.5 Å². The molecule has 0 aromatic heterocycles. The molecule has 0 bridgehead atoms. The first kappa shape index (κ1) is 7.74. The third kappa shape index (κ3) is 2.84. The van der Waals surface area contributed by atoms with Gasteiger partial charge in [-0.1, -0.05) is 26.5 Å². The van der Waals surface area contributed by atoms with Crippen molar-refractivity contribution in [3.63, 3.8) is 0 Å². The Labute approximate surface area is 52.6 Å². The molecule has 0 unspecified atom stereocenters. The lowest BCUT2D eigenvalue weighted by Gasteiger charge is -2.05. The van der Waals surface area contributed by atoms with Crippen LogP contribution in [0.3, 0.4) is 0 Å². The van der Waals surface area contributed by atoms with Crippen LogP contribution in [0, 0.1) is 12.0 Å². The van der Waals surface area contributed by atoms with E-state index in [0.29, 0.717) is 0 Å². The fraction of sp³-hybridized carbons (Fsp3) is 0.625. The highest BCUT2D eigenvalue weighted by atomic mass is 14.0. The average Bonchev–Trinajstić information content (AvgIpc) is 1.83. The van der Waals surface area contributed by atoms with Gasteiger partial charge in [0.2, 0.25) is 0 Å². The molecule has 2 radical (unpaired) electrons. The molecule has 0 amide bonds. The van der Waals surface area contributed by atoms with Crippen molar-refractivity contribution in [2.75, 3.05) is 0 Å². The van der Waals surface area contributed by atoms with Gasteiger partial charge in [0.1, 0.15) is 0 Å². The number of hydrogen-bond donors (Lipinski definition) is 0. The molecule has 8 heavy (non-hydrogen) atoms. The Kier molecular flexibility index (Phi) is 4.73. The van der Waals surface area contributed by atoms with Crippen LogP contribution < -0.4 is 0 Å². The molecule has 0 saturated heterocycles. The summed E-state index contributed by atoms with van der Waals surface area (Å²) in [6.07, 6.45) is 6.22. The van der Waals surface area contributed by atoms with Gasteiger partial charge >= 0.3 is 0 Å². The van der Waals surface area contributed by atoms with Crippen LogP contribution in [0.25, 0.3) is 0 Å². The standard InChI is InChI=1S/C8H14/c1-4-7-8(5-2)6-3/h1,5-7H2,2-3H3. The van der Waals surface area contributed by atoms with Gasteiger partial charge in [0, 0.05) is 0 Å². The normalized spacial score (nSPS) is 9.88. The van der Waals surface area contributed by atoms with E-state index in [1.54, 1.807) is 5.92 Å². The Morgan fingerprint density at radius 2 is 1.88 bits per heavy atom. The quantitative estimate of drug-likeness (QED) is 0.522. The molecule has 0 aromatic rings. The van der Waals surface area contributed by atoms with Crippen LogP contribution in [-0.2, 0) is 0 Å².